The molecule has 1 aliphatic rings. The Morgan fingerprint density at radius 2 is 2.15 bits per heavy atom. The van der Waals surface area contributed by atoms with E-state index < -0.39 is 0 Å². The molecule has 1 fully saturated rings. The van der Waals surface area contributed by atoms with Crippen molar-refractivity contribution in [2.24, 2.45) is 13.0 Å². The lowest BCUT2D eigenvalue weighted by Gasteiger charge is -2.18. The molecular weight excluding hydrogens is 348 g/mol. The van der Waals surface area contributed by atoms with Crippen molar-refractivity contribution in [1.82, 2.24) is 15.1 Å². The summed E-state index contributed by atoms with van der Waals surface area (Å²) in [5.74, 6) is 1.44. The summed E-state index contributed by atoms with van der Waals surface area (Å²) in [6, 6.07) is 8.74. The van der Waals surface area contributed by atoms with Crippen molar-refractivity contribution < 1.29 is 14.3 Å². The van der Waals surface area contributed by atoms with Gasteiger partial charge < -0.3 is 19.7 Å². The van der Waals surface area contributed by atoms with Crippen molar-refractivity contribution >= 4 is 11.6 Å². The van der Waals surface area contributed by atoms with Gasteiger partial charge >= 0.3 is 0 Å². The average Bonchev–Trinajstić information content (AvgIpc) is 3.16. The third-order valence-corrected chi connectivity index (χ3v) is 4.60. The second-order valence-electron chi connectivity index (χ2n) is 6.55. The van der Waals surface area contributed by atoms with Crippen LogP contribution >= 0.6 is 0 Å². The van der Waals surface area contributed by atoms with Crippen molar-refractivity contribution in [2.75, 3.05) is 38.3 Å². The van der Waals surface area contributed by atoms with Gasteiger partial charge in [0.25, 0.3) is 11.5 Å². The number of rotatable bonds is 7. The van der Waals surface area contributed by atoms with Crippen LogP contribution in [0, 0.1) is 5.92 Å². The molecule has 2 heterocycles. The van der Waals surface area contributed by atoms with Gasteiger partial charge in [0.15, 0.2) is 6.61 Å². The summed E-state index contributed by atoms with van der Waals surface area (Å²) in [6.45, 7) is 2.17. The summed E-state index contributed by atoms with van der Waals surface area (Å²) in [4.78, 5) is 25.9. The Hall–Kier alpha value is -3.03. The number of nitrogens with one attached hydrogen (secondary N) is 1. The van der Waals surface area contributed by atoms with E-state index in [0.717, 1.165) is 25.2 Å². The highest BCUT2D eigenvalue weighted by atomic mass is 16.5. The number of aromatic nitrogens is 2. The van der Waals surface area contributed by atoms with Crippen molar-refractivity contribution in [1.29, 1.82) is 0 Å². The summed E-state index contributed by atoms with van der Waals surface area (Å²) >= 11 is 0. The summed E-state index contributed by atoms with van der Waals surface area (Å²) in [6.07, 6.45) is 2.65. The fourth-order valence-electron chi connectivity index (χ4n) is 3.02. The molecule has 1 aliphatic heterocycles. The minimum atomic E-state index is -0.161. The zero-order valence-corrected chi connectivity index (χ0v) is 15.6. The highest BCUT2D eigenvalue weighted by molar-refractivity contribution is 5.77. The molecule has 144 valence electrons. The predicted octanol–water partition coefficient (Wildman–Crippen LogP) is 0.810. The first-order valence-corrected chi connectivity index (χ1v) is 8.87. The van der Waals surface area contributed by atoms with E-state index in [-0.39, 0.29) is 18.1 Å². The van der Waals surface area contributed by atoms with Crippen LogP contribution in [0.4, 0.5) is 5.69 Å². The zero-order chi connectivity index (χ0) is 19.2. The summed E-state index contributed by atoms with van der Waals surface area (Å²) in [5, 5.41) is 6.97. The monoisotopic (exact) mass is 372 g/mol. The Balaban J connectivity index is 1.43. The van der Waals surface area contributed by atoms with E-state index in [4.69, 9.17) is 9.47 Å². The van der Waals surface area contributed by atoms with Gasteiger partial charge in [0.2, 0.25) is 0 Å². The molecule has 2 aromatic rings. The molecule has 1 amide bonds. The van der Waals surface area contributed by atoms with E-state index in [0.29, 0.717) is 24.0 Å². The Morgan fingerprint density at radius 1 is 1.33 bits per heavy atom. The summed E-state index contributed by atoms with van der Waals surface area (Å²) < 4.78 is 11.9. The van der Waals surface area contributed by atoms with Gasteiger partial charge in [0.1, 0.15) is 11.5 Å². The van der Waals surface area contributed by atoms with Crippen LogP contribution in [0.2, 0.25) is 0 Å². The molecule has 1 N–H and O–H groups in total. The number of methoxy groups -OCH3 is 1. The molecule has 1 aromatic carbocycles. The summed E-state index contributed by atoms with van der Waals surface area (Å²) in [7, 11) is 3.21. The zero-order valence-electron chi connectivity index (χ0n) is 15.6. The van der Waals surface area contributed by atoms with Gasteiger partial charge in [-0.15, -0.1) is 0 Å². The van der Waals surface area contributed by atoms with Gasteiger partial charge in [-0.25, -0.2) is 4.68 Å². The van der Waals surface area contributed by atoms with Crippen LogP contribution < -0.4 is 25.2 Å². The van der Waals surface area contributed by atoms with Crippen molar-refractivity contribution in [2.45, 2.75) is 6.42 Å². The number of ether oxygens (including phenoxy) is 2. The highest BCUT2D eigenvalue weighted by Gasteiger charge is 2.23. The quantitative estimate of drug-likeness (QED) is 0.774. The number of carbonyl (C=O) groups excluding carboxylic acids is 1. The number of aryl methyl sites for hydroxylation is 1. The minimum absolute atomic E-state index is 0.0394. The molecule has 1 saturated heterocycles. The molecule has 0 aliphatic carbocycles. The van der Waals surface area contributed by atoms with Gasteiger partial charge in [-0.1, -0.05) is 6.07 Å². The number of benzene rings is 1. The SMILES string of the molecule is COc1cccc(OCC(=O)NCC2CCN(c3cnn(C)c(=O)c3)C2)c1. The maximum atomic E-state index is 12.0. The van der Waals surface area contributed by atoms with E-state index in [1.807, 2.05) is 12.1 Å². The standard InChI is InChI=1S/C19H24N4O4/c1-22-19(25)8-15(11-21-22)23-7-6-14(12-23)10-20-18(24)13-27-17-5-3-4-16(9-17)26-2/h3-5,8-9,11,14H,6-7,10,12-13H2,1-2H3,(H,20,24). The van der Waals surface area contributed by atoms with Gasteiger partial charge in [0.05, 0.1) is 19.0 Å². The lowest BCUT2D eigenvalue weighted by molar-refractivity contribution is -0.123. The van der Waals surface area contributed by atoms with Crippen LogP contribution in [-0.2, 0) is 11.8 Å². The molecule has 8 nitrogen and oxygen atoms in total. The second-order valence-corrected chi connectivity index (χ2v) is 6.55. The van der Waals surface area contributed by atoms with Gasteiger partial charge in [0, 0.05) is 38.8 Å². The number of anilines is 1. The fourth-order valence-corrected chi connectivity index (χ4v) is 3.02. The molecule has 27 heavy (non-hydrogen) atoms. The number of hydrogen-bond donors (Lipinski definition) is 1. The van der Waals surface area contributed by atoms with Gasteiger partial charge in [-0.3, -0.25) is 9.59 Å². The van der Waals surface area contributed by atoms with E-state index in [1.165, 1.54) is 4.68 Å². The Labute approximate surface area is 157 Å². The molecule has 1 aromatic heterocycles. The molecule has 3 rings (SSSR count). The predicted molar refractivity (Wildman–Crippen MR) is 101 cm³/mol. The first kappa shape index (κ1) is 18.8. The fraction of sp³-hybridized carbons (Fsp3) is 0.421. The number of nitrogens with zero attached hydrogens (tertiary/aromatic N) is 3. The van der Waals surface area contributed by atoms with E-state index in [9.17, 15) is 9.59 Å². The largest absolute Gasteiger partial charge is 0.497 e. The summed E-state index contributed by atoms with van der Waals surface area (Å²) in [5.41, 5.74) is 0.701. The van der Waals surface area contributed by atoms with Crippen LogP contribution in [0.25, 0.3) is 0 Å². The Bertz CT molecular complexity index is 852. The highest BCUT2D eigenvalue weighted by Crippen LogP contribution is 2.21. The molecule has 0 spiro atoms. The topological polar surface area (TPSA) is 85.7 Å². The molecule has 0 radical (unpaired) electrons. The molecule has 0 bridgehead atoms. The number of hydrogen-bond acceptors (Lipinski definition) is 6. The van der Waals surface area contributed by atoms with Crippen LogP contribution in [0.15, 0.2) is 41.3 Å². The molecular formula is C19H24N4O4. The maximum absolute atomic E-state index is 12.0. The van der Waals surface area contributed by atoms with Crippen molar-refractivity contribution in [3.63, 3.8) is 0 Å². The Kier molecular flexibility index (Phi) is 5.95. The van der Waals surface area contributed by atoms with E-state index in [2.05, 4.69) is 15.3 Å². The smallest absolute Gasteiger partial charge is 0.268 e. The van der Waals surface area contributed by atoms with Crippen LogP contribution in [0.5, 0.6) is 11.5 Å². The lowest BCUT2D eigenvalue weighted by Crippen LogP contribution is -2.34. The first-order chi connectivity index (χ1) is 13.0. The molecule has 1 unspecified atom stereocenters. The number of amides is 1. The Morgan fingerprint density at radius 3 is 2.93 bits per heavy atom. The van der Waals surface area contributed by atoms with Crippen molar-refractivity contribution in [3.05, 3.63) is 46.9 Å². The van der Waals surface area contributed by atoms with Gasteiger partial charge in [-0.2, -0.15) is 5.10 Å². The lowest BCUT2D eigenvalue weighted by atomic mass is 10.1. The van der Waals surface area contributed by atoms with Crippen LogP contribution in [-0.4, -0.2) is 49.0 Å². The third kappa shape index (κ3) is 4.99. The molecule has 0 saturated carbocycles. The minimum Gasteiger partial charge on any atom is -0.497 e. The maximum Gasteiger partial charge on any atom is 0.268 e. The average molecular weight is 372 g/mol. The third-order valence-electron chi connectivity index (χ3n) is 4.60. The van der Waals surface area contributed by atoms with Crippen LogP contribution in [0.3, 0.4) is 0 Å². The normalized spacial score (nSPS) is 16.2. The van der Waals surface area contributed by atoms with E-state index >= 15 is 0 Å². The first-order valence-electron chi connectivity index (χ1n) is 8.87. The van der Waals surface area contributed by atoms with E-state index in [1.54, 1.807) is 38.6 Å². The second kappa shape index (κ2) is 8.57. The number of carbonyl (C=O) groups is 1. The molecule has 8 heteroatoms. The van der Waals surface area contributed by atoms with Crippen LogP contribution in [0.1, 0.15) is 6.42 Å². The van der Waals surface area contributed by atoms with Crippen molar-refractivity contribution in [3.8, 4) is 11.5 Å². The van der Waals surface area contributed by atoms with Gasteiger partial charge in [-0.05, 0) is 24.5 Å². The molecule has 1 atom stereocenters.